The Morgan fingerprint density at radius 2 is 1.69 bits per heavy atom. The Hall–Kier alpha value is -3.56. The quantitative estimate of drug-likeness (QED) is 0.299. The number of hydrogen-bond donors (Lipinski definition) is 1. The standard InChI is InChI=1S/C32H38ClN3O5S/c1-23-9-7-10-25(19-23)21-35(24(2)32(38)34-27-12-5-4-6-13-27)31(37)22-36(28-14-8-11-26(33)20-28)42(39,40)30-17-15-29(41-3)16-18-30/h7-11,14-20,24,27H,4-6,12-13,21-22H2,1-3H3,(H,34,38). The van der Waals surface area contributed by atoms with Crippen LogP contribution in [0.25, 0.3) is 0 Å². The fraction of sp³-hybridized carbons (Fsp3) is 0.375. The van der Waals surface area contributed by atoms with Crippen molar-refractivity contribution in [1.82, 2.24) is 10.2 Å². The summed E-state index contributed by atoms with van der Waals surface area (Å²) in [6.07, 6.45) is 5.09. The van der Waals surface area contributed by atoms with Crippen LogP contribution >= 0.6 is 11.6 Å². The highest BCUT2D eigenvalue weighted by atomic mass is 35.5. The number of carbonyl (C=O) groups excluding carboxylic acids is 2. The second-order valence-electron chi connectivity index (χ2n) is 10.7. The van der Waals surface area contributed by atoms with E-state index >= 15 is 0 Å². The molecule has 8 nitrogen and oxygen atoms in total. The number of sulfonamides is 1. The molecule has 3 aromatic rings. The predicted molar refractivity (Wildman–Crippen MR) is 165 cm³/mol. The van der Waals surface area contributed by atoms with E-state index in [-0.39, 0.29) is 29.1 Å². The van der Waals surface area contributed by atoms with E-state index in [9.17, 15) is 18.0 Å². The third kappa shape index (κ3) is 7.83. The maximum atomic E-state index is 14.1. The van der Waals surface area contributed by atoms with Crippen LogP contribution in [0.2, 0.25) is 5.02 Å². The predicted octanol–water partition coefficient (Wildman–Crippen LogP) is 5.72. The number of aryl methyl sites for hydroxylation is 1. The summed E-state index contributed by atoms with van der Waals surface area (Å²) in [7, 11) is -2.71. The van der Waals surface area contributed by atoms with Crippen molar-refractivity contribution in [3.05, 3.63) is 88.9 Å². The van der Waals surface area contributed by atoms with Crippen LogP contribution < -0.4 is 14.4 Å². The third-order valence-corrected chi connectivity index (χ3v) is 9.60. The number of nitrogens with one attached hydrogen (secondary N) is 1. The molecule has 0 aliphatic heterocycles. The van der Waals surface area contributed by atoms with Gasteiger partial charge in [0.25, 0.3) is 10.0 Å². The highest BCUT2D eigenvalue weighted by Crippen LogP contribution is 2.28. The minimum Gasteiger partial charge on any atom is -0.497 e. The Bertz CT molecular complexity index is 1490. The molecule has 1 aliphatic carbocycles. The van der Waals surface area contributed by atoms with Crippen molar-refractivity contribution in [3.8, 4) is 5.75 Å². The molecule has 1 N–H and O–H groups in total. The Morgan fingerprint density at radius 1 is 1.00 bits per heavy atom. The average molecular weight is 612 g/mol. The van der Waals surface area contributed by atoms with Crippen molar-refractivity contribution < 1.29 is 22.7 Å². The number of anilines is 1. The molecule has 0 radical (unpaired) electrons. The molecule has 224 valence electrons. The molecule has 42 heavy (non-hydrogen) atoms. The van der Waals surface area contributed by atoms with Crippen molar-refractivity contribution in [1.29, 1.82) is 0 Å². The van der Waals surface area contributed by atoms with E-state index in [4.69, 9.17) is 16.3 Å². The lowest BCUT2D eigenvalue weighted by Crippen LogP contribution is -2.53. The van der Waals surface area contributed by atoms with Gasteiger partial charge in [0.1, 0.15) is 18.3 Å². The number of hydrogen-bond acceptors (Lipinski definition) is 5. The molecule has 1 aliphatic rings. The van der Waals surface area contributed by atoms with Gasteiger partial charge in [-0.25, -0.2) is 8.42 Å². The minimum atomic E-state index is -4.20. The topological polar surface area (TPSA) is 96.0 Å². The number of methoxy groups -OCH3 is 1. The molecule has 10 heteroatoms. The van der Waals surface area contributed by atoms with Crippen molar-refractivity contribution >= 4 is 39.1 Å². The lowest BCUT2D eigenvalue weighted by molar-refractivity contribution is -0.139. The molecule has 1 fully saturated rings. The van der Waals surface area contributed by atoms with Gasteiger partial charge in [-0.15, -0.1) is 0 Å². The SMILES string of the molecule is COc1ccc(S(=O)(=O)N(CC(=O)N(Cc2cccc(C)c2)C(C)C(=O)NC2CCCCC2)c2cccc(Cl)c2)cc1. The third-order valence-electron chi connectivity index (χ3n) is 7.58. The van der Waals surface area contributed by atoms with Crippen LogP contribution in [-0.2, 0) is 26.2 Å². The monoisotopic (exact) mass is 611 g/mol. The first-order valence-corrected chi connectivity index (χ1v) is 16.0. The van der Waals surface area contributed by atoms with Crippen molar-refractivity contribution in [2.45, 2.75) is 69.5 Å². The van der Waals surface area contributed by atoms with Crippen LogP contribution in [0.1, 0.15) is 50.2 Å². The molecule has 2 amide bonds. The average Bonchev–Trinajstić information content (AvgIpc) is 2.98. The van der Waals surface area contributed by atoms with Gasteiger partial charge in [-0.2, -0.15) is 0 Å². The lowest BCUT2D eigenvalue weighted by atomic mass is 9.95. The summed E-state index contributed by atoms with van der Waals surface area (Å²) in [6.45, 7) is 3.26. The largest absolute Gasteiger partial charge is 0.497 e. The molecule has 0 spiro atoms. The van der Waals surface area contributed by atoms with Gasteiger partial charge < -0.3 is 15.0 Å². The fourth-order valence-corrected chi connectivity index (χ4v) is 6.78. The summed E-state index contributed by atoms with van der Waals surface area (Å²) in [5.41, 5.74) is 2.09. The van der Waals surface area contributed by atoms with Gasteiger partial charge in [0.15, 0.2) is 0 Å². The molecule has 3 aromatic carbocycles. The van der Waals surface area contributed by atoms with Crippen LogP contribution in [0.15, 0.2) is 77.7 Å². The number of benzene rings is 3. The molecule has 1 atom stereocenters. The first-order chi connectivity index (χ1) is 20.1. The fourth-order valence-electron chi connectivity index (χ4n) is 5.19. The number of nitrogens with zero attached hydrogens (tertiary/aromatic N) is 2. The highest BCUT2D eigenvalue weighted by molar-refractivity contribution is 7.92. The van der Waals surface area contributed by atoms with E-state index in [0.717, 1.165) is 47.5 Å². The van der Waals surface area contributed by atoms with Crippen LogP contribution in [0.3, 0.4) is 0 Å². The van der Waals surface area contributed by atoms with Crippen LogP contribution in [0.4, 0.5) is 5.69 Å². The Morgan fingerprint density at radius 3 is 2.33 bits per heavy atom. The van der Waals surface area contributed by atoms with E-state index < -0.39 is 28.5 Å². The zero-order valence-electron chi connectivity index (χ0n) is 24.3. The Balaban J connectivity index is 1.68. The van der Waals surface area contributed by atoms with Gasteiger partial charge in [0.05, 0.1) is 17.7 Å². The first-order valence-electron chi connectivity index (χ1n) is 14.2. The molecular weight excluding hydrogens is 574 g/mol. The highest BCUT2D eigenvalue weighted by Gasteiger charge is 2.33. The molecule has 0 bridgehead atoms. The van der Waals surface area contributed by atoms with E-state index in [2.05, 4.69) is 5.32 Å². The maximum Gasteiger partial charge on any atom is 0.264 e. The van der Waals surface area contributed by atoms with Gasteiger partial charge >= 0.3 is 0 Å². The lowest BCUT2D eigenvalue weighted by Gasteiger charge is -2.33. The molecule has 4 rings (SSSR count). The first kappa shape index (κ1) is 31.4. The summed E-state index contributed by atoms with van der Waals surface area (Å²) in [6, 6.07) is 19.2. The number of rotatable bonds is 11. The Kier molecular flexibility index (Phi) is 10.5. The van der Waals surface area contributed by atoms with Gasteiger partial charge in [-0.1, -0.05) is 66.8 Å². The zero-order chi connectivity index (χ0) is 30.3. The molecule has 0 aromatic heterocycles. The van der Waals surface area contributed by atoms with Crippen molar-refractivity contribution in [2.75, 3.05) is 18.0 Å². The van der Waals surface area contributed by atoms with E-state index in [1.165, 1.54) is 30.2 Å². The van der Waals surface area contributed by atoms with Crippen LogP contribution in [-0.4, -0.2) is 50.9 Å². The molecular formula is C32H38ClN3O5S. The van der Waals surface area contributed by atoms with Gasteiger partial charge in [-0.05, 0) is 74.7 Å². The molecule has 0 heterocycles. The van der Waals surface area contributed by atoms with Crippen molar-refractivity contribution in [2.24, 2.45) is 0 Å². The van der Waals surface area contributed by atoms with Gasteiger partial charge in [-0.3, -0.25) is 13.9 Å². The normalized spacial score (nSPS) is 14.6. The number of ether oxygens (including phenoxy) is 1. The van der Waals surface area contributed by atoms with Crippen LogP contribution in [0.5, 0.6) is 5.75 Å². The van der Waals surface area contributed by atoms with Gasteiger partial charge in [0.2, 0.25) is 11.8 Å². The summed E-state index contributed by atoms with van der Waals surface area (Å²) < 4.78 is 34.1. The van der Waals surface area contributed by atoms with Crippen LogP contribution in [0, 0.1) is 6.92 Å². The summed E-state index contributed by atoms with van der Waals surface area (Å²) in [5.74, 6) is -0.267. The number of halogens is 1. The van der Waals surface area contributed by atoms with E-state index in [0.29, 0.717) is 10.8 Å². The van der Waals surface area contributed by atoms with Crippen molar-refractivity contribution in [3.63, 3.8) is 0 Å². The number of carbonyl (C=O) groups is 2. The molecule has 1 saturated carbocycles. The Labute approximate surface area is 253 Å². The summed E-state index contributed by atoms with van der Waals surface area (Å²) in [4.78, 5) is 29.0. The van der Waals surface area contributed by atoms with E-state index in [1.807, 2.05) is 31.2 Å². The molecule has 0 saturated heterocycles. The maximum absolute atomic E-state index is 14.1. The molecule has 1 unspecified atom stereocenters. The van der Waals surface area contributed by atoms with E-state index in [1.54, 1.807) is 37.3 Å². The second-order valence-corrected chi connectivity index (χ2v) is 13.0. The summed E-state index contributed by atoms with van der Waals surface area (Å²) in [5, 5.41) is 3.44. The summed E-state index contributed by atoms with van der Waals surface area (Å²) >= 11 is 6.24. The number of amides is 2. The minimum absolute atomic E-state index is 0.00982. The van der Waals surface area contributed by atoms with Gasteiger partial charge in [0, 0.05) is 17.6 Å². The zero-order valence-corrected chi connectivity index (χ0v) is 25.8. The second kappa shape index (κ2) is 14.1. The smallest absolute Gasteiger partial charge is 0.264 e.